The number of para-hydroxylation sites is 1. The molecule has 6 heteroatoms. The summed E-state index contributed by atoms with van der Waals surface area (Å²) in [5, 5.41) is 3.07. The van der Waals surface area contributed by atoms with Gasteiger partial charge in [0.05, 0.1) is 12.0 Å². The SMILES string of the molecule is O=C(NCc1ccc(F)cc1)[C@H]1Cc2ccccc2N2CCN(Cc3ccc(F)cc3)C[C@@H]12. The van der Waals surface area contributed by atoms with Gasteiger partial charge in [-0.1, -0.05) is 42.5 Å². The van der Waals surface area contributed by atoms with Crippen molar-refractivity contribution in [3.8, 4) is 0 Å². The van der Waals surface area contributed by atoms with Crippen LogP contribution in [0.5, 0.6) is 0 Å². The summed E-state index contributed by atoms with van der Waals surface area (Å²) in [7, 11) is 0. The highest BCUT2D eigenvalue weighted by Gasteiger charge is 2.41. The summed E-state index contributed by atoms with van der Waals surface area (Å²) in [5.41, 5.74) is 4.35. The van der Waals surface area contributed by atoms with E-state index in [1.54, 1.807) is 12.1 Å². The molecule has 4 nitrogen and oxygen atoms in total. The standard InChI is InChI=1S/C27H27F2N3O/c28-22-9-5-19(6-10-22)16-30-27(33)24-15-21-3-1-2-4-25(21)32-14-13-31(18-26(24)32)17-20-7-11-23(29)12-8-20/h1-12,24,26H,13-18H2,(H,30,33)/t24-,26-/m0/s1. The lowest BCUT2D eigenvalue weighted by molar-refractivity contribution is -0.126. The molecule has 2 heterocycles. The van der Waals surface area contributed by atoms with E-state index in [9.17, 15) is 13.6 Å². The lowest BCUT2D eigenvalue weighted by Gasteiger charge is -2.49. The zero-order chi connectivity index (χ0) is 22.8. The maximum absolute atomic E-state index is 13.3. The largest absolute Gasteiger partial charge is 0.365 e. The van der Waals surface area contributed by atoms with Gasteiger partial charge in [-0.2, -0.15) is 0 Å². The molecule has 0 spiro atoms. The normalized spacial score (nSPS) is 20.1. The molecule has 1 fully saturated rings. The van der Waals surface area contributed by atoms with E-state index in [1.165, 1.54) is 35.5 Å². The van der Waals surface area contributed by atoms with Crippen molar-refractivity contribution in [1.29, 1.82) is 0 Å². The summed E-state index contributed by atoms with van der Waals surface area (Å²) in [6.45, 7) is 3.59. The summed E-state index contributed by atoms with van der Waals surface area (Å²) >= 11 is 0. The molecule has 170 valence electrons. The van der Waals surface area contributed by atoms with E-state index in [1.807, 2.05) is 18.2 Å². The Morgan fingerprint density at radius 2 is 1.55 bits per heavy atom. The van der Waals surface area contributed by atoms with Crippen LogP contribution in [0.3, 0.4) is 0 Å². The first kappa shape index (κ1) is 21.6. The first-order valence-corrected chi connectivity index (χ1v) is 11.4. The Balaban J connectivity index is 1.33. The minimum absolute atomic E-state index is 0.0208. The zero-order valence-electron chi connectivity index (χ0n) is 18.4. The van der Waals surface area contributed by atoms with Crippen LogP contribution in [0.15, 0.2) is 72.8 Å². The molecule has 33 heavy (non-hydrogen) atoms. The smallest absolute Gasteiger partial charge is 0.225 e. The van der Waals surface area contributed by atoms with Crippen molar-refractivity contribution in [2.45, 2.75) is 25.6 Å². The van der Waals surface area contributed by atoms with Gasteiger partial charge in [-0.3, -0.25) is 9.69 Å². The Labute approximate surface area is 192 Å². The summed E-state index contributed by atoms with van der Waals surface area (Å²) < 4.78 is 26.5. The highest BCUT2D eigenvalue weighted by Crippen LogP contribution is 2.36. The minimum Gasteiger partial charge on any atom is -0.365 e. The Morgan fingerprint density at radius 3 is 2.27 bits per heavy atom. The van der Waals surface area contributed by atoms with E-state index in [-0.39, 0.29) is 29.5 Å². The second-order valence-corrected chi connectivity index (χ2v) is 8.91. The number of nitrogens with one attached hydrogen (secondary N) is 1. The Bertz CT molecular complexity index is 1120. The number of carbonyl (C=O) groups is 1. The minimum atomic E-state index is -0.284. The number of hydrogen-bond acceptors (Lipinski definition) is 3. The van der Waals surface area contributed by atoms with Gasteiger partial charge in [-0.15, -0.1) is 0 Å². The van der Waals surface area contributed by atoms with Gasteiger partial charge in [0, 0.05) is 38.4 Å². The highest BCUT2D eigenvalue weighted by atomic mass is 19.1. The van der Waals surface area contributed by atoms with Crippen LogP contribution in [0.1, 0.15) is 16.7 Å². The van der Waals surface area contributed by atoms with Crippen molar-refractivity contribution >= 4 is 11.6 Å². The molecular formula is C27H27F2N3O. The van der Waals surface area contributed by atoms with Gasteiger partial charge in [0.1, 0.15) is 11.6 Å². The van der Waals surface area contributed by atoms with Crippen molar-refractivity contribution in [2.24, 2.45) is 5.92 Å². The molecule has 2 aliphatic heterocycles. The molecule has 1 saturated heterocycles. The average Bonchev–Trinajstić information content (AvgIpc) is 2.84. The van der Waals surface area contributed by atoms with E-state index in [2.05, 4.69) is 33.3 Å². The fraction of sp³-hybridized carbons (Fsp3) is 0.296. The van der Waals surface area contributed by atoms with Crippen LogP contribution in [-0.4, -0.2) is 36.5 Å². The van der Waals surface area contributed by atoms with Crippen molar-refractivity contribution in [3.05, 3.63) is 101 Å². The van der Waals surface area contributed by atoms with Crippen LogP contribution in [0.4, 0.5) is 14.5 Å². The molecule has 3 aromatic carbocycles. The molecule has 0 unspecified atom stereocenters. The molecule has 2 aliphatic rings. The lowest BCUT2D eigenvalue weighted by atomic mass is 9.83. The number of rotatable bonds is 5. The van der Waals surface area contributed by atoms with Crippen LogP contribution in [0.25, 0.3) is 0 Å². The molecule has 0 radical (unpaired) electrons. The highest BCUT2D eigenvalue weighted by molar-refractivity contribution is 5.82. The van der Waals surface area contributed by atoms with Crippen LogP contribution >= 0.6 is 0 Å². The number of fused-ring (bicyclic) bond motifs is 3. The molecule has 2 atom stereocenters. The summed E-state index contributed by atoms with van der Waals surface area (Å²) in [6, 6.07) is 21.2. The number of piperazine rings is 1. The number of halogens is 2. The Hall–Kier alpha value is -3.25. The first-order valence-electron chi connectivity index (χ1n) is 11.4. The lowest BCUT2D eigenvalue weighted by Crippen LogP contribution is -2.60. The predicted molar refractivity (Wildman–Crippen MR) is 125 cm³/mol. The van der Waals surface area contributed by atoms with Crippen LogP contribution in [0.2, 0.25) is 0 Å². The average molecular weight is 448 g/mol. The van der Waals surface area contributed by atoms with E-state index < -0.39 is 0 Å². The van der Waals surface area contributed by atoms with Gasteiger partial charge in [-0.25, -0.2) is 8.78 Å². The van der Waals surface area contributed by atoms with Gasteiger partial charge in [0.25, 0.3) is 0 Å². The maximum Gasteiger partial charge on any atom is 0.225 e. The second-order valence-electron chi connectivity index (χ2n) is 8.91. The van der Waals surface area contributed by atoms with Crippen molar-refractivity contribution < 1.29 is 13.6 Å². The third-order valence-corrected chi connectivity index (χ3v) is 6.74. The zero-order valence-corrected chi connectivity index (χ0v) is 18.4. The number of anilines is 1. The fourth-order valence-electron chi connectivity index (χ4n) is 5.03. The quantitative estimate of drug-likeness (QED) is 0.639. The molecule has 0 bridgehead atoms. The van der Waals surface area contributed by atoms with Crippen LogP contribution in [-0.2, 0) is 24.3 Å². The van der Waals surface area contributed by atoms with Crippen molar-refractivity contribution in [1.82, 2.24) is 10.2 Å². The Morgan fingerprint density at radius 1 is 0.879 bits per heavy atom. The third kappa shape index (κ3) is 4.76. The molecule has 0 aromatic heterocycles. The summed E-state index contributed by atoms with van der Waals surface area (Å²) in [5.74, 6) is -0.678. The predicted octanol–water partition coefficient (Wildman–Crippen LogP) is 4.14. The number of amides is 1. The number of nitrogens with zero attached hydrogens (tertiary/aromatic N) is 2. The van der Waals surface area contributed by atoms with Gasteiger partial charge in [0.2, 0.25) is 5.91 Å². The van der Waals surface area contributed by atoms with E-state index in [0.717, 1.165) is 37.3 Å². The number of carbonyl (C=O) groups excluding carboxylic acids is 1. The molecule has 5 rings (SSSR count). The van der Waals surface area contributed by atoms with E-state index >= 15 is 0 Å². The molecular weight excluding hydrogens is 420 g/mol. The molecule has 1 amide bonds. The summed E-state index contributed by atoms with van der Waals surface area (Å²) in [6.07, 6.45) is 0.691. The monoisotopic (exact) mass is 447 g/mol. The van der Waals surface area contributed by atoms with E-state index in [0.29, 0.717) is 13.0 Å². The topological polar surface area (TPSA) is 35.6 Å². The Kier molecular flexibility index (Phi) is 6.09. The van der Waals surface area contributed by atoms with Crippen LogP contribution in [0, 0.1) is 17.6 Å². The van der Waals surface area contributed by atoms with Gasteiger partial charge in [-0.05, 0) is 53.4 Å². The van der Waals surface area contributed by atoms with Gasteiger partial charge >= 0.3 is 0 Å². The van der Waals surface area contributed by atoms with Crippen molar-refractivity contribution in [3.63, 3.8) is 0 Å². The maximum atomic E-state index is 13.3. The third-order valence-electron chi connectivity index (χ3n) is 6.74. The van der Waals surface area contributed by atoms with Crippen molar-refractivity contribution in [2.75, 3.05) is 24.5 Å². The summed E-state index contributed by atoms with van der Waals surface area (Å²) in [4.78, 5) is 18.1. The molecule has 0 saturated carbocycles. The first-order chi connectivity index (χ1) is 16.1. The fourth-order valence-corrected chi connectivity index (χ4v) is 5.03. The number of hydrogen-bond donors (Lipinski definition) is 1. The second kappa shape index (κ2) is 9.32. The van der Waals surface area contributed by atoms with Gasteiger partial charge in [0.15, 0.2) is 0 Å². The molecule has 3 aromatic rings. The number of benzene rings is 3. The van der Waals surface area contributed by atoms with E-state index in [4.69, 9.17) is 0 Å². The molecule has 0 aliphatic carbocycles. The van der Waals surface area contributed by atoms with Gasteiger partial charge < -0.3 is 10.2 Å². The molecule has 1 N–H and O–H groups in total. The van der Waals surface area contributed by atoms with Crippen LogP contribution < -0.4 is 10.2 Å².